The maximum absolute atomic E-state index is 13.5. The summed E-state index contributed by atoms with van der Waals surface area (Å²) in [5.74, 6) is -0.415. The van der Waals surface area contributed by atoms with E-state index in [1.54, 1.807) is 24.4 Å². The minimum absolute atomic E-state index is 0.0626. The highest BCUT2D eigenvalue weighted by Gasteiger charge is 2.22. The number of hydrogen-bond acceptors (Lipinski definition) is 5. The molecule has 0 aliphatic heterocycles. The number of ketones is 1. The average molecular weight is 446 g/mol. The van der Waals surface area contributed by atoms with Crippen molar-refractivity contribution in [3.63, 3.8) is 0 Å². The first-order valence-electron chi connectivity index (χ1n) is 10.3. The molecule has 4 N–H and O–H groups in total. The zero-order valence-corrected chi connectivity index (χ0v) is 18.4. The van der Waals surface area contributed by atoms with E-state index in [-0.39, 0.29) is 17.6 Å². The van der Waals surface area contributed by atoms with Gasteiger partial charge in [-0.1, -0.05) is 6.07 Å². The van der Waals surface area contributed by atoms with Crippen LogP contribution in [0.5, 0.6) is 0 Å². The number of halogens is 1. The Morgan fingerprint density at radius 3 is 2.36 bits per heavy atom. The summed E-state index contributed by atoms with van der Waals surface area (Å²) in [4.78, 5) is 34.3. The SMILES string of the molecule is Cc1ccc(NC(=O)Nc2ccc(F)cc2)cc1C(=O)c1cn(C(C)C)c2ncnc(N)c12. The molecule has 0 radical (unpaired) electrons. The molecule has 0 spiro atoms. The Bertz CT molecular complexity index is 1360. The molecule has 0 unspecified atom stereocenters. The van der Waals surface area contributed by atoms with Crippen molar-refractivity contribution in [3.8, 4) is 0 Å². The molecule has 0 atom stereocenters. The smallest absolute Gasteiger partial charge is 0.323 e. The number of nitrogens with two attached hydrogens (primary N) is 1. The number of fused-ring (bicyclic) bond motifs is 1. The fraction of sp³-hybridized carbons (Fsp3) is 0.167. The second kappa shape index (κ2) is 8.70. The summed E-state index contributed by atoms with van der Waals surface area (Å²) in [5, 5.41) is 5.83. The van der Waals surface area contributed by atoms with Gasteiger partial charge in [0.15, 0.2) is 5.78 Å². The number of carbonyl (C=O) groups excluding carboxylic acids is 2. The molecule has 0 aliphatic rings. The third-order valence-electron chi connectivity index (χ3n) is 5.28. The van der Waals surface area contributed by atoms with Gasteiger partial charge in [0.1, 0.15) is 23.6 Å². The monoisotopic (exact) mass is 446 g/mol. The van der Waals surface area contributed by atoms with Gasteiger partial charge in [0.05, 0.1) is 10.9 Å². The number of nitrogen functional groups attached to an aromatic ring is 1. The maximum atomic E-state index is 13.5. The van der Waals surface area contributed by atoms with Crippen LogP contribution in [0.1, 0.15) is 41.4 Å². The molecule has 2 aromatic carbocycles. The number of aryl methyl sites for hydroxylation is 1. The number of hydrogen-bond donors (Lipinski definition) is 3. The van der Waals surface area contributed by atoms with Crippen LogP contribution in [0.2, 0.25) is 0 Å². The molecular weight excluding hydrogens is 423 g/mol. The van der Waals surface area contributed by atoms with E-state index in [4.69, 9.17) is 5.73 Å². The average Bonchev–Trinajstić information content (AvgIpc) is 3.17. The number of rotatable bonds is 5. The molecule has 0 fully saturated rings. The fourth-order valence-corrected chi connectivity index (χ4v) is 3.59. The van der Waals surface area contributed by atoms with E-state index in [0.717, 1.165) is 5.56 Å². The van der Waals surface area contributed by atoms with Crippen molar-refractivity contribution in [3.05, 3.63) is 77.5 Å². The number of aromatic nitrogens is 3. The second-order valence-corrected chi connectivity index (χ2v) is 7.95. The summed E-state index contributed by atoms with van der Waals surface area (Å²) in [6.07, 6.45) is 3.11. The van der Waals surface area contributed by atoms with E-state index in [1.807, 2.05) is 25.3 Å². The molecule has 2 amide bonds. The van der Waals surface area contributed by atoms with Crippen LogP contribution < -0.4 is 16.4 Å². The van der Waals surface area contributed by atoms with E-state index in [9.17, 15) is 14.0 Å². The van der Waals surface area contributed by atoms with Crippen molar-refractivity contribution < 1.29 is 14.0 Å². The molecule has 0 saturated carbocycles. The van der Waals surface area contributed by atoms with Crippen LogP contribution in [0.3, 0.4) is 0 Å². The van der Waals surface area contributed by atoms with Crippen LogP contribution >= 0.6 is 0 Å². The molecule has 4 rings (SSSR count). The Labute approximate surface area is 189 Å². The van der Waals surface area contributed by atoms with Crippen molar-refractivity contribution in [2.75, 3.05) is 16.4 Å². The summed E-state index contributed by atoms with van der Waals surface area (Å²) >= 11 is 0. The number of urea groups is 1. The Hall–Kier alpha value is -4.27. The lowest BCUT2D eigenvalue weighted by Gasteiger charge is -2.11. The highest BCUT2D eigenvalue weighted by Crippen LogP contribution is 2.30. The molecule has 8 nitrogen and oxygen atoms in total. The Morgan fingerprint density at radius 1 is 1.00 bits per heavy atom. The predicted octanol–water partition coefficient (Wildman–Crippen LogP) is 4.92. The molecule has 9 heteroatoms. The normalized spacial score (nSPS) is 11.1. The highest BCUT2D eigenvalue weighted by molar-refractivity contribution is 6.19. The molecule has 0 saturated heterocycles. The summed E-state index contributed by atoms with van der Waals surface area (Å²) < 4.78 is 14.9. The molecule has 2 aromatic heterocycles. The van der Waals surface area contributed by atoms with Crippen molar-refractivity contribution in [1.29, 1.82) is 0 Å². The van der Waals surface area contributed by atoms with E-state index in [1.165, 1.54) is 30.6 Å². The van der Waals surface area contributed by atoms with Gasteiger partial charge in [0.2, 0.25) is 0 Å². The van der Waals surface area contributed by atoms with Crippen molar-refractivity contribution >= 4 is 40.0 Å². The third kappa shape index (κ3) is 4.38. The third-order valence-corrected chi connectivity index (χ3v) is 5.28. The van der Waals surface area contributed by atoms with Crippen LogP contribution in [-0.2, 0) is 0 Å². The maximum Gasteiger partial charge on any atom is 0.323 e. The number of nitrogens with one attached hydrogen (secondary N) is 2. The summed E-state index contributed by atoms with van der Waals surface area (Å²) in [5.41, 5.74) is 9.11. The lowest BCUT2D eigenvalue weighted by molar-refractivity contribution is 0.103. The Balaban J connectivity index is 1.65. The Kier molecular flexibility index (Phi) is 5.78. The first-order valence-corrected chi connectivity index (χ1v) is 10.3. The fourth-order valence-electron chi connectivity index (χ4n) is 3.59. The van der Waals surface area contributed by atoms with Gasteiger partial charge in [-0.25, -0.2) is 19.2 Å². The molecule has 0 aliphatic carbocycles. The zero-order valence-electron chi connectivity index (χ0n) is 18.4. The first kappa shape index (κ1) is 21.9. The molecule has 2 heterocycles. The molecule has 4 aromatic rings. The van der Waals surface area contributed by atoms with Crippen LogP contribution in [0.15, 0.2) is 55.0 Å². The number of anilines is 3. The van der Waals surface area contributed by atoms with Crippen LogP contribution in [0.4, 0.5) is 26.4 Å². The summed E-state index contributed by atoms with van der Waals surface area (Å²) in [7, 11) is 0. The minimum Gasteiger partial charge on any atom is -0.383 e. The van der Waals surface area contributed by atoms with Gasteiger partial charge in [-0.3, -0.25) is 4.79 Å². The van der Waals surface area contributed by atoms with Crippen molar-refractivity contribution in [1.82, 2.24) is 14.5 Å². The van der Waals surface area contributed by atoms with E-state index >= 15 is 0 Å². The predicted molar refractivity (Wildman–Crippen MR) is 126 cm³/mol. The highest BCUT2D eigenvalue weighted by atomic mass is 19.1. The molecule has 33 heavy (non-hydrogen) atoms. The topological polar surface area (TPSA) is 115 Å². The Morgan fingerprint density at radius 2 is 1.67 bits per heavy atom. The molecule has 0 bridgehead atoms. The van der Waals surface area contributed by atoms with Gasteiger partial charge >= 0.3 is 6.03 Å². The molecule has 168 valence electrons. The van der Waals surface area contributed by atoms with Gasteiger partial charge in [-0.15, -0.1) is 0 Å². The van der Waals surface area contributed by atoms with Crippen molar-refractivity contribution in [2.24, 2.45) is 0 Å². The largest absolute Gasteiger partial charge is 0.383 e. The summed E-state index contributed by atoms with van der Waals surface area (Å²) in [6.45, 7) is 5.79. The van der Waals surface area contributed by atoms with Gasteiger partial charge in [-0.2, -0.15) is 0 Å². The van der Waals surface area contributed by atoms with Crippen LogP contribution in [0, 0.1) is 12.7 Å². The standard InChI is InChI=1S/C24H23FN6O2/c1-13(2)31-11-19(20-22(26)27-12-28-23(20)31)21(32)18-10-17(7-4-14(18)3)30-24(33)29-16-8-5-15(25)6-9-16/h4-13H,1-3H3,(H2,26,27,28)(H2,29,30,33). The quantitative estimate of drug-likeness (QED) is 0.377. The zero-order chi connectivity index (χ0) is 23.7. The van der Waals surface area contributed by atoms with Gasteiger partial charge in [0.25, 0.3) is 0 Å². The number of nitrogens with zero attached hydrogens (tertiary/aromatic N) is 3. The molecular formula is C24H23FN6O2. The first-order chi connectivity index (χ1) is 15.7. The number of amides is 2. The van der Waals surface area contributed by atoms with Gasteiger partial charge < -0.3 is 20.9 Å². The van der Waals surface area contributed by atoms with Crippen LogP contribution in [0.25, 0.3) is 11.0 Å². The number of carbonyl (C=O) groups is 2. The number of benzene rings is 2. The van der Waals surface area contributed by atoms with E-state index in [2.05, 4.69) is 20.6 Å². The van der Waals surface area contributed by atoms with Gasteiger partial charge in [0, 0.05) is 29.2 Å². The lowest BCUT2D eigenvalue weighted by atomic mass is 9.98. The second-order valence-electron chi connectivity index (χ2n) is 7.95. The van der Waals surface area contributed by atoms with Crippen LogP contribution in [-0.4, -0.2) is 26.3 Å². The lowest BCUT2D eigenvalue weighted by Crippen LogP contribution is -2.19. The van der Waals surface area contributed by atoms with E-state index < -0.39 is 11.8 Å². The minimum atomic E-state index is -0.516. The van der Waals surface area contributed by atoms with Crippen molar-refractivity contribution in [2.45, 2.75) is 26.8 Å². The van der Waals surface area contributed by atoms with Gasteiger partial charge in [-0.05, 0) is 62.7 Å². The summed E-state index contributed by atoms with van der Waals surface area (Å²) in [6, 6.07) is 10.0. The van der Waals surface area contributed by atoms with E-state index in [0.29, 0.717) is 33.5 Å².